The van der Waals surface area contributed by atoms with Crippen molar-refractivity contribution in [1.29, 1.82) is 0 Å². The zero-order valence-electron chi connectivity index (χ0n) is 16.9. The monoisotopic (exact) mass is 335 g/mol. The molecule has 6 rings (SSSR count). The molecule has 0 bridgehead atoms. The molecular weight excluding hydrogens is 316 g/mol. The Bertz CT molecular complexity index is 1580. The summed E-state index contributed by atoms with van der Waals surface area (Å²) in [5.74, 6) is 0. The second-order valence-corrected chi connectivity index (χ2v) is 6.51. The van der Waals surface area contributed by atoms with Crippen LogP contribution >= 0.6 is 0 Å². The Morgan fingerprint density at radius 2 is 1.42 bits per heavy atom. The van der Waals surface area contributed by atoms with Gasteiger partial charge in [-0.05, 0) is 24.2 Å². The molecule has 6 aromatic rings. The zero-order valence-corrected chi connectivity index (χ0v) is 13.9. The Kier molecular flexibility index (Phi) is 2.14. The fraction of sp³-hybridized carbons (Fsp3) is 0. The second-order valence-electron chi connectivity index (χ2n) is 6.51. The highest BCUT2D eigenvalue weighted by molar-refractivity contribution is 6.22. The summed E-state index contributed by atoms with van der Waals surface area (Å²) in [6.45, 7) is 0. The topological polar surface area (TPSA) is 20.7 Å². The highest BCUT2D eigenvalue weighted by Gasteiger charge is 2.16. The molecule has 2 nitrogen and oxygen atoms in total. The van der Waals surface area contributed by atoms with E-state index in [0.29, 0.717) is 17.6 Å². The smallest absolute Gasteiger partial charge is 0.167 e. The molecule has 0 aliphatic heterocycles. The molecule has 26 heavy (non-hydrogen) atoms. The van der Waals surface area contributed by atoms with E-state index in [2.05, 4.69) is 10.6 Å². The number of nitrogens with one attached hydrogen (secondary N) is 1. The summed E-state index contributed by atoms with van der Waals surface area (Å²) in [6, 6.07) is 26.2. The van der Waals surface area contributed by atoms with Gasteiger partial charge in [0.2, 0.25) is 0 Å². The predicted octanol–water partition coefficient (Wildman–Crippen LogP) is 6.42. The van der Waals surface area contributed by atoms with Crippen molar-refractivity contribution in [3.05, 3.63) is 90.9 Å². The van der Waals surface area contributed by atoms with Gasteiger partial charge in [0, 0.05) is 32.7 Å². The van der Waals surface area contributed by atoms with E-state index in [-0.39, 0.29) is 0 Å². The largest absolute Gasteiger partial charge is 0.353 e. The lowest BCUT2D eigenvalue weighted by Gasteiger charge is -2.08. The Morgan fingerprint density at radius 3 is 2.31 bits per heavy atom. The lowest BCUT2D eigenvalue weighted by Crippen LogP contribution is -1.93. The van der Waals surface area contributed by atoms with E-state index in [4.69, 9.17) is 4.15 Å². The van der Waals surface area contributed by atoms with Crippen molar-refractivity contribution >= 4 is 43.6 Å². The van der Waals surface area contributed by atoms with Crippen molar-refractivity contribution in [3.8, 4) is 5.69 Å². The first-order valence-electron chi connectivity index (χ1n) is 10.1. The molecule has 2 aromatic heterocycles. The van der Waals surface area contributed by atoms with Gasteiger partial charge in [0.15, 0.2) is 1.41 Å². The number of fused-ring (bicyclic) bond motifs is 7. The number of hydrogen-bond donors (Lipinski definition) is 1. The number of hydrogen-bond acceptors (Lipinski definition) is 0. The molecule has 1 N–H and O–H groups in total. The molecule has 2 heteroatoms. The molecule has 122 valence electrons. The van der Waals surface area contributed by atoms with Crippen molar-refractivity contribution in [1.82, 2.24) is 9.54 Å². The number of nitrogens with zero attached hydrogens (tertiary/aromatic N) is 1. The fourth-order valence-electron chi connectivity index (χ4n) is 3.98. The average molecular weight is 335 g/mol. The predicted molar refractivity (Wildman–Crippen MR) is 110 cm³/mol. The number of aromatic amines is 1. The Balaban J connectivity index is 1.97. The minimum atomic E-state index is 0.338. The minimum absolute atomic E-state index is 0.338. The molecule has 0 saturated carbocycles. The lowest BCUT2D eigenvalue weighted by atomic mass is 10.1. The highest BCUT2D eigenvalue weighted by Crippen LogP contribution is 2.38. The summed E-state index contributed by atoms with van der Waals surface area (Å²) < 4.78 is 27.9. The van der Waals surface area contributed by atoms with Gasteiger partial charge in [-0.25, -0.2) is 0 Å². The normalized spacial score (nSPS) is 13.5. The molecule has 0 amide bonds. The summed E-state index contributed by atoms with van der Waals surface area (Å²) in [5.41, 5.74) is 4.05. The molecule has 0 aliphatic carbocycles. The Labute approximate surface area is 154 Å². The van der Waals surface area contributed by atoms with Gasteiger partial charge in [0.1, 0.15) is 0 Å². The van der Waals surface area contributed by atoms with Gasteiger partial charge in [0.05, 0.1) is 19.3 Å². The maximum Gasteiger partial charge on any atom is 0.167 e. The maximum absolute atomic E-state index is 8.86. The van der Waals surface area contributed by atoms with Gasteiger partial charge in [0.25, 0.3) is 0 Å². The van der Waals surface area contributed by atoms with Gasteiger partial charge in [-0.1, -0.05) is 66.7 Å². The highest BCUT2D eigenvalue weighted by atomic mass is 15.0. The number of benzene rings is 4. The molecule has 0 fully saturated rings. The Morgan fingerprint density at radius 1 is 0.692 bits per heavy atom. The first-order chi connectivity index (χ1) is 14.2. The summed E-state index contributed by atoms with van der Waals surface area (Å²) in [5, 5.41) is 3.85. The first-order valence-corrected chi connectivity index (χ1v) is 8.68. The van der Waals surface area contributed by atoms with E-state index < -0.39 is 0 Å². The van der Waals surface area contributed by atoms with Gasteiger partial charge in [-0.2, -0.15) is 0 Å². The SMILES string of the molecule is [2H]c1cccc2c3ccc4c5cccc([2H])c5n(-c5ccccc5)c4c3n([2H])c12. The molecule has 0 atom stereocenters. The molecule has 4 aromatic carbocycles. The van der Waals surface area contributed by atoms with Crippen molar-refractivity contribution in [2.24, 2.45) is 0 Å². The molecule has 0 aliphatic rings. The van der Waals surface area contributed by atoms with Gasteiger partial charge in [-0.15, -0.1) is 0 Å². The van der Waals surface area contributed by atoms with Crippen LogP contribution in [0.5, 0.6) is 0 Å². The van der Waals surface area contributed by atoms with E-state index >= 15 is 0 Å². The second kappa shape index (κ2) is 4.99. The van der Waals surface area contributed by atoms with Crippen LogP contribution in [-0.4, -0.2) is 9.54 Å². The van der Waals surface area contributed by atoms with Crippen LogP contribution in [0.15, 0.2) is 90.9 Å². The van der Waals surface area contributed by atoms with Crippen LogP contribution in [0.3, 0.4) is 0 Å². The summed E-state index contributed by atoms with van der Waals surface area (Å²) in [4.78, 5) is 1.39. The average Bonchev–Trinajstić information content (AvgIpc) is 3.23. The third kappa shape index (κ3) is 1.71. The van der Waals surface area contributed by atoms with Crippen LogP contribution in [0.4, 0.5) is 0 Å². The van der Waals surface area contributed by atoms with Gasteiger partial charge in [-0.3, -0.25) is 0 Å². The molecular formula is C24H16N2. The van der Waals surface area contributed by atoms with Crippen LogP contribution in [-0.2, 0) is 0 Å². The number of H-pyrrole nitrogens is 1. The van der Waals surface area contributed by atoms with Gasteiger partial charge < -0.3 is 9.54 Å². The summed E-state index contributed by atoms with van der Waals surface area (Å²) >= 11 is 0. The zero-order chi connectivity index (χ0) is 19.7. The van der Waals surface area contributed by atoms with Crippen molar-refractivity contribution in [3.63, 3.8) is 0 Å². The summed E-state index contributed by atoms with van der Waals surface area (Å²) in [6.07, 6.45) is 0. The van der Waals surface area contributed by atoms with Crippen molar-refractivity contribution in [2.45, 2.75) is 0 Å². The van der Waals surface area contributed by atoms with Crippen molar-refractivity contribution in [2.75, 3.05) is 0 Å². The van der Waals surface area contributed by atoms with Crippen molar-refractivity contribution < 1.29 is 4.15 Å². The quantitative estimate of drug-likeness (QED) is 0.358. The third-order valence-corrected chi connectivity index (χ3v) is 5.09. The van der Waals surface area contributed by atoms with Crippen LogP contribution in [0.1, 0.15) is 2.74 Å². The molecule has 0 radical (unpaired) electrons. The van der Waals surface area contributed by atoms with Crippen LogP contribution in [0.25, 0.3) is 49.3 Å². The van der Waals surface area contributed by atoms with E-state index in [0.717, 1.165) is 43.8 Å². The van der Waals surface area contributed by atoms with Crippen LogP contribution < -0.4 is 0 Å². The van der Waals surface area contributed by atoms with Gasteiger partial charge >= 0.3 is 0 Å². The minimum Gasteiger partial charge on any atom is -0.353 e. The fourth-order valence-corrected chi connectivity index (χ4v) is 3.98. The van der Waals surface area contributed by atoms with E-state index in [1.165, 1.54) is 4.98 Å². The molecule has 2 heterocycles. The number of para-hydroxylation sites is 3. The number of rotatable bonds is 1. The number of aromatic nitrogens is 2. The molecule has 0 spiro atoms. The first kappa shape index (κ1) is 11.2. The molecule has 0 saturated heterocycles. The third-order valence-electron chi connectivity index (χ3n) is 5.09. The molecule has 0 unspecified atom stereocenters. The lowest BCUT2D eigenvalue weighted by molar-refractivity contribution is 1.18. The van der Waals surface area contributed by atoms with Crippen LogP contribution in [0.2, 0.25) is 1.41 Å². The Hall–Kier alpha value is -3.52. The standard InChI is InChI=1S/C24H16N2/c1-2-8-16(9-3-1)26-22-13-7-5-11-18(22)20-15-14-19-17-10-4-6-12-21(17)25-23(19)24(20)26/h1-15,25H/i12D,13D/hD. The van der Waals surface area contributed by atoms with Crippen LogP contribution in [0, 0.1) is 0 Å². The van der Waals surface area contributed by atoms with E-state index in [1.54, 1.807) is 12.1 Å². The van der Waals surface area contributed by atoms with E-state index in [9.17, 15) is 0 Å². The maximum atomic E-state index is 8.86. The van der Waals surface area contributed by atoms with E-state index in [1.807, 2.05) is 60.7 Å². The summed E-state index contributed by atoms with van der Waals surface area (Å²) in [7, 11) is 0.